The maximum atomic E-state index is 8.88. The molecule has 0 aliphatic rings. The molecular formula is C14H28N2O8P2. The fourth-order valence-corrected chi connectivity index (χ4v) is 0.625. The molecule has 0 bridgehead atoms. The fraction of sp³-hybridized carbons (Fsp3) is 0.286. The molecule has 10 nitrogen and oxygen atoms in total. The van der Waals surface area contributed by atoms with Gasteiger partial charge in [-0.05, 0) is 24.3 Å². The molecule has 0 saturated carbocycles. The van der Waals surface area contributed by atoms with Crippen molar-refractivity contribution in [2.45, 2.75) is 27.7 Å². The van der Waals surface area contributed by atoms with Crippen LogP contribution in [0.1, 0.15) is 27.7 Å². The average molecular weight is 414 g/mol. The zero-order valence-corrected chi connectivity index (χ0v) is 16.9. The number of hydrogen-bond acceptors (Lipinski definition) is 4. The Hall–Kier alpha value is -1.48. The van der Waals surface area contributed by atoms with Crippen LogP contribution in [0.4, 0.5) is 0 Å². The van der Waals surface area contributed by atoms with Crippen LogP contribution in [0.2, 0.25) is 0 Å². The van der Waals surface area contributed by atoms with Gasteiger partial charge in [0.25, 0.3) is 0 Å². The van der Waals surface area contributed by atoms with E-state index in [0.29, 0.717) is 0 Å². The van der Waals surface area contributed by atoms with Gasteiger partial charge in [-0.2, -0.15) is 0 Å². The van der Waals surface area contributed by atoms with Crippen LogP contribution >= 0.6 is 15.6 Å². The van der Waals surface area contributed by atoms with Crippen LogP contribution in [0, 0.1) is 0 Å². The Morgan fingerprint density at radius 1 is 0.500 bits per heavy atom. The summed E-state index contributed by atoms with van der Waals surface area (Å²) in [5.41, 5.74) is 0. The minimum atomic E-state index is -4.64. The highest BCUT2D eigenvalue weighted by Gasteiger charge is 2.00. The molecule has 0 fully saturated rings. The summed E-state index contributed by atoms with van der Waals surface area (Å²) >= 11 is 0. The van der Waals surface area contributed by atoms with Gasteiger partial charge in [-0.3, -0.25) is 9.97 Å². The van der Waals surface area contributed by atoms with Crippen molar-refractivity contribution in [3.8, 4) is 0 Å². The molecule has 2 rings (SSSR count). The fourth-order valence-electron chi connectivity index (χ4n) is 0.625. The summed E-state index contributed by atoms with van der Waals surface area (Å²) in [6.07, 6.45) is 7.00. The number of phosphoric acid groups is 2. The number of aromatic nitrogens is 2. The van der Waals surface area contributed by atoms with Gasteiger partial charge >= 0.3 is 15.6 Å². The van der Waals surface area contributed by atoms with Crippen LogP contribution in [-0.2, 0) is 9.13 Å². The lowest BCUT2D eigenvalue weighted by atomic mass is 10.5. The highest BCUT2D eigenvalue weighted by molar-refractivity contribution is 7.45. The highest BCUT2D eigenvalue weighted by Crippen LogP contribution is 2.26. The second-order valence-corrected chi connectivity index (χ2v) is 5.13. The van der Waals surface area contributed by atoms with Gasteiger partial charge in [0.15, 0.2) is 0 Å². The van der Waals surface area contributed by atoms with E-state index in [2.05, 4.69) is 9.97 Å². The second-order valence-electron chi connectivity index (χ2n) is 3.08. The average Bonchev–Trinajstić information content (AvgIpc) is 2.59. The molecule has 0 amide bonds. The summed E-state index contributed by atoms with van der Waals surface area (Å²) in [6, 6.07) is 11.4. The van der Waals surface area contributed by atoms with Crippen LogP contribution in [0.25, 0.3) is 0 Å². The van der Waals surface area contributed by atoms with E-state index in [-0.39, 0.29) is 0 Å². The first-order valence-electron chi connectivity index (χ1n) is 7.26. The zero-order valence-electron chi connectivity index (χ0n) is 15.1. The quantitative estimate of drug-likeness (QED) is 0.350. The summed E-state index contributed by atoms with van der Waals surface area (Å²) in [5.74, 6) is 0. The molecule has 0 radical (unpaired) electrons. The lowest BCUT2D eigenvalue weighted by Gasteiger charge is -1.82. The summed E-state index contributed by atoms with van der Waals surface area (Å²) in [6.45, 7) is 8.00. The lowest BCUT2D eigenvalue weighted by Crippen LogP contribution is -1.66. The van der Waals surface area contributed by atoms with Crippen LogP contribution < -0.4 is 0 Å². The van der Waals surface area contributed by atoms with Crippen molar-refractivity contribution in [1.29, 1.82) is 0 Å². The van der Waals surface area contributed by atoms with Crippen molar-refractivity contribution in [2.75, 3.05) is 0 Å². The summed E-state index contributed by atoms with van der Waals surface area (Å²) in [5, 5.41) is 0. The zero-order chi connectivity index (χ0) is 21.5. The molecule has 12 heteroatoms. The maximum Gasteiger partial charge on any atom is 0.466 e. The third-order valence-electron chi connectivity index (χ3n) is 1.13. The first kappa shape index (κ1) is 32.2. The van der Waals surface area contributed by atoms with Gasteiger partial charge in [-0.1, -0.05) is 39.8 Å². The number of rotatable bonds is 0. The number of nitrogens with zero attached hydrogens (tertiary/aromatic N) is 2. The monoisotopic (exact) mass is 414 g/mol. The predicted octanol–water partition coefficient (Wildman–Crippen LogP) is 2.36. The van der Waals surface area contributed by atoms with Gasteiger partial charge in [0, 0.05) is 24.8 Å². The van der Waals surface area contributed by atoms with E-state index >= 15 is 0 Å². The summed E-state index contributed by atoms with van der Waals surface area (Å²) in [7, 11) is -9.28. The molecule has 0 aliphatic carbocycles. The van der Waals surface area contributed by atoms with Crippen LogP contribution in [0.5, 0.6) is 0 Å². The Labute approximate surface area is 153 Å². The standard InChI is InChI=1S/2C5H5N.2C2H6.2H3O4P/c2*1-2-4-6-5-3-1;2*1-2;2*1-5(2,3)4/h2*1-5H;2*1-2H3;2*(H3,1,2,3,4). The molecule has 26 heavy (non-hydrogen) atoms. The smallest absolute Gasteiger partial charge is 0.303 e. The van der Waals surface area contributed by atoms with Crippen molar-refractivity contribution < 1.29 is 38.5 Å². The van der Waals surface area contributed by atoms with Gasteiger partial charge in [0.1, 0.15) is 0 Å². The molecule has 0 spiro atoms. The molecule has 0 aromatic carbocycles. The van der Waals surface area contributed by atoms with Gasteiger partial charge in [-0.15, -0.1) is 0 Å². The van der Waals surface area contributed by atoms with Crippen LogP contribution in [0.3, 0.4) is 0 Å². The van der Waals surface area contributed by atoms with E-state index in [1.807, 2.05) is 64.1 Å². The Morgan fingerprint density at radius 3 is 0.692 bits per heavy atom. The van der Waals surface area contributed by atoms with Crippen molar-refractivity contribution in [2.24, 2.45) is 0 Å². The summed E-state index contributed by atoms with van der Waals surface area (Å²) < 4.78 is 17.8. The maximum absolute atomic E-state index is 8.88. The normalized spacial score (nSPS) is 8.69. The second kappa shape index (κ2) is 23.5. The van der Waals surface area contributed by atoms with E-state index in [0.717, 1.165) is 0 Å². The van der Waals surface area contributed by atoms with E-state index in [1.165, 1.54) is 0 Å². The molecule has 2 heterocycles. The molecule has 0 aliphatic heterocycles. The Kier molecular flexibility index (Phi) is 29.1. The van der Waals surface area contributed by atoms with E-state index in [1.54, 1.807) is 24.8 Å². The first-order chi connectivity index (χ1) is 12.0. The van der Waals surface area contributed by atoms with Crippen molar-refractivity contribution >= 4 is 15.6 Å². The lowest BCUT2D eigenvalue weighted by molar-refractivity contribution is 0.272. The third kappa shape index (κ3) is 94.2. The van der Waals surface area contributed by atoms with Gasteiger partial charge < -0.3 is 29.4 Å². The first-order valence-corrected chi connectivity index (χ1v) is 10.4. The molecule has 6 N–H and O–H groups in total. The summed E-state index contributed by atoms with van der Waals surface area (Å²) in [4.78, 5) is 50.7. The molecular weight excluding hydrogens is 386 g/mol. The minimum Gasteiger partial charge on any atom is -0.303 e. The van der Waals surface area contributed by atoms with E-state index in [4.69, 9.17) is 38.5 Å². The highest BCUT2D eigenvalue weighted by atomic mass is 31.2. The number of hydrogen-bond donors (Lipinski definition) is 6. The van der Waals surface area contributed by atoms with Gasteiger partial charge in [0.05, 0.1) is 0 Å². The van der Waals surface area contributed by atoms with Gasteiger partial charge in [0.2, 0.25) is 0 Å². The third-order valence-corrected chi connectivity index (χ3v) is 1.13. The van der Waals surface area contributed by atoms with E-state index in [9.17, 15) is 0 Å². The molecule has 2 aromatic heterocycles. The topological polar surface area (TPSA) is 181 Å². The van der Waals surface area contributed by atoms with Crippen LogP contribution in [-0.4, -0.2) is 39.3 Å². The minimum absolute atomic E-state index is 1.75. The Bertz CT molecular complexity index is 428. The molecule has 2 aromatic rings. The molecule has 0 atom stereocenters. The molecule has 0 saturated heterocycles. The van der Waals surface area contributed by atoms with Crippen molar-refractivity contribution in [3.63, 3.8) is 0 Å². The van der Waals surface area contributed by atoms with Crippen molar-refractivity contribution in [1.82, 2.24) is 9.97 Å². The Balaban J connectivity index is -0.000000117. The Morgan fingerprint density at radius 2 is 0.654 bits per heavy atom. The van der Waals surface area contributed by atoms with E-state index < -0.39 is 15.6 Å². The molecule has 152 valence electrons. The van der Waals surface area contributed by atoms with Crippen molar-refractivity contribution in [3.05, 3.63) is 61.2 Å². The molecule has 0 unspecified atom stereocenters. The number of pyridine rings is 2. The largest absolute Gasteiger partial charge is 0.466 e. The predicted molar refractivity (Wildman–Crippen MR) is 99.7 cm³/mol. The van der Waals surface area contributed by atoms with Crippen LogP contribution in [0.15, 0.2) is 61.2 Å². The van der Waals surface area contributed by atoms with Gasteiger partial charge in [-0.25, -0.2) is 9.13 Å². The SMILES string of the molecule is CC.CC.O=P(O)(O)O.O=P(O)(O)O.c1ccncc1.c1ccncc1.